The molecule has 0 aliphatic rings. The average Bonchev–Trinajstić information content (AvgIpc) is 2.82. The van der Waals surface area contributed by atoms with Crippen molar-refractivity contribution in [3.63, 3.8) is 0 Å². The number of nitrogen functional groups attached to an aromatic ring is 1. The third kappa shape index (κ3) is 2.22. The van der Waals surface area contributed by atoms with E-state index in [4.69, 9.17) is 5.73 Å². The smallest absolute Gasteiger partial charge is 0.224 e. The van der Waals surface area contributed by atoms with Gasteiger partial charge >= 0.3 is 0 Å². The van der Waals surface area contributed by atoms with Crippen molar-refractivity contribution in [1.82, 2.24) is 20.2 Å². The molecule has 8 heteroatoms. The second-order valence-electron chi connectivity index (χ2n) is 3.81. The lowest BCUT2D eigenvalue weighted by atomic mass is 10.3. The highest BCUT2D eigenvalue weighted by Crippen LogP contribution is 2.28. The average molecular weight is 323 g/mol. The lowest BCUT2D eigenvalue weighted by Gasteiger charge is -2.09. The lowest BCUT2D eigenvalue weighted by molar-refractivity contribution is 0.628. The number of nitrogens with one attached hydrogen (secondary N) is 2. The van der Waals surface area contributed by atoms with E-state index in [1.165, 1.54) is 12.1 Å². The van der Waals surface area contributed by atoms with Gasteiger partial charge in [0.2, 0.25) is 5.95 Å². The third-order valence-corrected chi connectivity index (χ3v) is 3.20. The summed E-state index contributed by atoms with van der Waals surface area (Å²) >= 11 is 3.33. The predicted octanol–water partition coefficient (Wildman–Crippen LogP) is 2.58. The SMILES string of the molecule is Nc1nc(Nc2cc(F)ccc2Br)c2cn[nH]c2n1. The van der Waals surface area contributed by atoms with Gasteiger partial charge in [0.1, 0.15) is 11.6 Å². The maximum Gasteiger partial charge on any atom is 0.224 e. The number of aromatic nitrogens is 4. The molecular formula is C11H8BrFN6. The van der Waals surface area contributed by atoms with Crippen LogP contribution in [0.2, 0.25) is 0 Å². The summed E-state index contributed by atoms with van der Waals surface area (Å²) in [6.45, 7) is 0. The standard InChI is InChI=1S/C11H8BrFN6/c12-7-2-1-5(13)3-8(7)16-9-6-4-15-19-10(6)18-11(14)17-9/h1-4H,(H4,14,15,16,17,18,19). The van der Waals surface area contributed by atoms with E-state index >= 15 is 0 Å². The van der Waals surface area contributed by atoms with Crippen LogP contribution in [0, 0.1) is 5.82 Å². The Balaban J connectivity index is 2.10. The van der Waals surface area contributed by atoms with E-state index in [0.717, 1.165) is 0 Å². The molecule has 0 bridgehead atoms. The van der Waals surface area contributed by atoms with Gasteiger partial charge in [0.05, 0.1) is 17.3 Å². The van der Waals surface area contributed by atoms with E-state index < -0.39 is 0 Å². The predicted molar refractivity (Wildman–Crippen MR) is 73.5 cm³/mol. The molecule has 96 valence electrons. The zero-order valence-electron chi connectivity index (χ0n) is 9.48. The molecule has 1 aromatic carbocycles. The van der Waals surface area contributed by atoms with Crippen LogP contribution in [0.4, 0.5) is 21.8 Å². The molecule has 0 atom stereocenters. The normalized spacial score (nSPS) is 10.8. The summed E-state index contributed by atoms with van der Waals surface area (Å²) in [4.78, 5) is 8.09. The summed E-state index contributed by atoms with van der Waals surface area (Å²) in [7, 11) is 0. The Kier molecular flexibility index (Phi) is 2.79. The summed E-state index contributed by atoms with van der Waals surface area (Å²) in [6.07, 6.45) is 1.57. The molecule has 0 aliphatic heterocycles. The van der Waals surface area contributed by atoms with Gasteiger partial charge in [-0.15, -0.1) is 0 Å². The number of aromatic amines is 1. The first kappa shape index (κ1) is 11.8. The highest BCUT2D eigenvalue weighted by molar-refractivity contribution is 9.10. The molecule has 0 spiro atoms. The zero-order valence-corrected chi connectivity index (χ0v) is 11.1. The summed E-state index contributed by atoms with van der Waals surface area (Å²) in [5.74, 6) is 0.213. The molecule has 0 aliphatic carbocycles. The second-order valence-corrected chi connectivity index (χ2v) is 4.67. The fourth-order valence-corrected chi connectivity index (χ4v) is 2.01. The van der Waals surface area contributed by atoms with E-state index in [0.29, 0.717) is 27.0 Å². The number of nitrogens with zero attached hydrogens (tertiary/aromatic N) is 3. The molecule has 0 saturated heterocycles. The van der Waals surface area contributed by atoms with Gasteiger partial charge < -0.3 is 11.1 Å². The van der Waals surface area contributed by atoms with Crippen molar-refractivity contribution in [3.05, 3.63) is 34.7 Å². The first-order valence-electron chi connectivity index (χ1n) is 5.32. The van der Waals surface area contributed by atoms with E-state index in [2.05, 4.69) is 41.4 Å². The quantitative estimate of drug-likeness (QED) is 0.674. The molecule has 0 amide bonds. The maximum atomic E-state index is 13.2. The van der Waals surface area contributed by atoms with Crippen molar-refractivity contribution in [2.45, 2.75) is 0 Å². The van der Waals surface area contributed by atoms with Crippen LogP contribution in [0.5, 0.6) is 0 Å². The Morgan fingerprint density at radius 2 is 2.16 bits per heavy atom. The molecule has 3 aromatic rings. The largest absolute Gasteiger partial charge is 0.368 e. The molecule has 2 aromatic heterocycles. The minimum absolute atomic E-state index is 0.103. The number of fused-ring (bicyclic) bond motifs is 1. The fraction of sp³-hybridized carbons (Fsp3) is 0. The number of H-pyrrole nitrogens is 1. The van der Waals surface area contributed by atoms with Gasteiger partial charge in [-0.05, 0) is 34.1 Å². The summed E-state index contributed by atoms with van der Waals surface area (Å²) < 4.78 is 14.0. The molecule has 6 nitrogen and oxygen atoms in total. The van der Waals surface area contributed by atoms with Gasteiger partial charge in [-0.1, -0.05) is 0 Å². The minimum atomic E-state index is -0.351. The Hall–Kier alpha value is -2.22. The van der Waals surface area contributed by atoms with E-state index in [1.807, 2.05) is 0 Å². The minimum Gasteiger partial charge on any atom is -0.368 e. The summed E-state index contributed by atoms with van der Waals surface area (Å²) in [5.41, 5.74) is 6.67. The van der Waals surface area contributed by atoms with Crippen LogP contribution in [0.1, 0.15) is 0 Å². The lowest BCUT2D eigenvalue weighted by Crippen LogP contribution is -2.01. The van der Waals surface area contributed by atoms with Crippen LogP contribution in [-0.4, -0.2) is 20.2 Å². The number of anilines is 3. The maximum absolute atomic E-state index is 13.2. The molecular weight excluding hydrogens is 315 g/mol. The van der Waals surface area contributed by atoms with E-state index in [-0.39, 0.29) is 11.8 Å². The number of nitrogens with two attached hydrogens (primary N) is 1. The Labute approximate surface area is 115 Å². The van der Waals surface area contributed by atoms with E-state index in [9.17, 15) is 4.39 Å². The van der Waals surface area contributed by atoms with Crippen molar-refractivity contribution >= 4 is 44.4 Å². The van der Waals surface area contributed by atoms with Crippen LogP contribution in [0.3, 0.4) is 0 Å². The molecule has 0 unspecified atom stereocenters. The Morgan fingerprint density at radius 1 is 1.32 bits per heavy atom. The fourth-order valence-electron chi connectivity index (χ4n) is 1.67. The molecule has 19 heavy (non-hydrogen) atoms. The van der Waals surface area contributed by atoms with Crippen LogP contribution in [0.25, 0.3) is 11.0 Å². The molecule has 4 N–H and O–H groups in total. The van der Waals surface area contributed by atoms with Crippen LogP contribution >= 0.6 is 15.9 Å². The van der Waals surface area contributed by atoms with Crippen LogP contribution in [-0.2, 0) is 0 Å². The highest BCUT2D eigenvalue weighted by atomic mass is 79.9. The molecule has 2 heterocycles. The molecule has 0 radical (unpaired) electrons. The highest BCUT2D eigenvalue weighted by Gasteiger charge is 2.10. The summed E-state index contributed by atoms with van der Waals surface area (Å²) in [5, 5.41) is 10.3. The number of hydrogen-bond donors (Lipinski definition) is 3. The first-order valence-corrected chi connectivity index (χ1v) is 6.11. The van der Waals surface area contributed by atoms with E-state index in [1.54, 1.807) is 12.3 Å². The van der Waals surface area contributed by atoms with Crippen molar-refractivity contribution in [2.24, 2.45) is 0 Å². The monoisotopic (exact) mass is 322 g/mol. The van der Waals surface area contributed by atoms with Crippen LogP contribution in [0.15, 0.2) is 28.9 Å². The molecule has 0 saturated carbocycles. The zero-order chi connectivity index (χ0) is 13.4. The van der Waals surface area contributed by atoms with Gasteiger partial charge in [0, 0.05) is 4.47 Å². The van der Waals surface area contributed by atoms with Crippen molar-refractivity contribution in [1.29, 1.82) is 0 Å². The third-order valence-electron chi connectivity index (χ3n) is 2.51. The Morgan fingerprint density at radius 3 is 3.00 bits per heavy atom. The summed E-state index contributed by atoms with van der Waals surface area (Å²) in [6, 6.07) is 4.32. The van der Waals surface area contributed by atoms with Gasteiger partial charge in [0.25, 0.3) is 0 Å². The second kappa shape index (κ2) is 4.47. The van der Waals surface area contributed by atoms with Gasteiger partial charge in [-0.3, -0.25) is 5.10 Å². The van der Waals surface area contributed by atoms with Crippen molar-refractivity contribution in [2.75, 3.05) is 11.1 Å². The number of rotatable bonds is 2. The number of halogens is 2. The topological polar surface area (TPSA) is 92.5 Å². The van der Waals surface area contributed by atoms with Crippen molar-refractivity contribution in [3.8, 4) is 0 Å². The van der Waals surface area contributed by atoms with Gasteiger partial charge in [-0.25, -0.2) is 4.39 Å². The Bertz CT molecular complexity index is 756. The van der Waals surface area contributed by atoms with Gasteiger partial charge in [-0.2, -0.15) is 15.1 Å². The van der Waals surface area contributed by atoms with Crippen LogP contribution < -0.4 is 11.1 Å². The number of benzene rings is 1. The first-order chi connectivity index (χ1) is 9.13. The molecule has 3 rings (SSSR count). The van der Waals surface area contributed by atoms with Crippen molar-refractivity contribution < 1.29 is 4.39 Å². The van der Waals surface area contributed by atoms with Gasteiger partial charge in [0.15, 0.2) is 5.65 Å². The molecule has 0 fully saturated rings. The number of hydrogen-bond acceptors (Lipinski definition) is 5.